The molecule has 4 heteroatoms. The first-order valence-electron chi connectivity index (χ1n) is 19.3. The molecule has 1 aliphatic carbocycles. The molecule has 57 heavy (non-hydrogen) atoms. The molecule has 0 N–H and O–H groups in total. The fraction of sp³-hybridized carbons (Fsp3) is 0.0377. The van der Waals surface area contributed by atoms with Crippen molar-refractivity contribution in [3.05, 3.63) is 205 Å². The molecule has 0 spiro atoms. The number of benzene rings is 8. The lowest BCUT2D eigenvalue weighted by atomic mass is 9.87. The molecule has 10 rings (SSSR count). The molecule has 0 radical (unpaired) electrons. The van der Waals surface area contributed by atoms with Gasteiger partial charge in [0, 0.05) is 28.0 Å². The molecule has 0 aliphatic heterocycles. The first kappa shape index (κ1) is 34.6. The van der Waals surface area contributed by atoms with E-state index in [1.54, 1.807) is 0 Å². The van der Waals surface area contributed by atoms with Gasteiger partial charge in [-0.05, 0) is 91.4 Å². The minimum absolute atomic E-state index is 0.648. The predicted octanol–water partition coefficient (Wildman–Crippen LogP) is 13.7. The van der Waals surface area contributed by atoms with Gasteiger partial charge in [-0.15, -0.1) is 12.6 Å². The molecule has 8 aromatic carbocycles. The Bertz CT molecular complexity index is 2920. The van der Waals surface area contributed by atoms with Crippen molar-refractivity contribution in [1.29, 1.82) is 0 Å². The van der Waals surface area contributed by atoms with Crippen LogP contribution in [0.4, 0.5) is 0 Å². The molecule has 0 saturated heterocycles. The molecular weight excluding hydrogens is 711 g/mol. The van der Waals surface area contributed by atoms with Crippen LogP contribution in [-0.4, -0.2) is 15.0 Å². The van der Waals surface area contributed by atoms with Crippen molar-refractivity contribution in [2.24, 2.45) is 0 Å². The molecule has 9 aromatic rings. The Balaban J connectivity index is 1.11. The highest BCUT2D eigenvalue weighted by Crippen LogP contribution is 2.48. The number of fused-ring (bicyclic) bond motifs is 3. The van der Waals surface area contributed by atoms with Gasteiger partial charge in [-0.2, -0.15) is 0 Å². The van der Waals surface area contributed by atoms with Gasteiger partial charge < -0.3 is 0 Å². The van der Waals surface area contributed by atoms with Crippen LogP contribution in [0.1, 0.15) is 16.7 Å². The van der Waals surface area contributed by atoms with E-state index >= 15 is 0 Å². The number of thiol groups is 1. The van der Waals surface area contributed by atoms with Crippen LogP contribution in [0.3, 0.4) is 0 Å². The van der Waals surface area contributed by atoms with E-state index in [1.807, 2.05) is 24.3 Å². The van der Waals surface area contributed by atoms with Crippen LogP contribution in [0.2, 0.25) is 0 Å². The number of aromatic nitrogens is 3. The summed E-state index contributed by atoms with van der Waals surface area (Å²) in [7, 11) is 0. The second kappa shape index (κ2) is 14.6. The van der Waals surface area contributed by atoms with Crippen LogP contribution in [0.5, 0.6) is 0 Å². The highest BCUT2D eigenvalue weighted by Gasteiger charge is 2.27. The topological polar surface area (TPSA) is 38.7 Å². The van der Waals surface area contributed by atoms with Gasteiger partial charge >= 0.3 is 0 Å². The van der Waals surface area contributed by atoms with Crippen molar-refractivity contribution in [3.8, 4) is 89.8 Å². The number of rotatable bonds is 7. The average Bonchev–Trinajstić information content (AvgIpc) is 3.67. The maximum absolute atomic E-state index is 5.21. The second-order valence-electron chi connectivity index (χ2n) is 14.6. The number of aryl methyl sites for hydroxylation is 1. The van der Waals surface area contributed by atoms with Crippen molar-refractivity contribution in [2.75, 3.05) is 0 Å². The monoisotopic (exact) mass is 747 g/mol. The van der Waals surface area contributed by atoms with E-state index in [9.17, 15) is 0 Å². The quantitative estimate of drug-likeness (QED) is 0.165. The number of nitrogens with zero attached hydrogens (tertiary/aromatic N) is 3. The highest BCUT2D eigenvalue weighted by atomic mass is 32.1. The fourth-order valence-corrected chi connectivity index (χ4v) is 8.55. The van der Waals surface area contributed by atoms with Gasteiger partial charge in [0.25, 0.3) is 0 Å². The average molecular weight is 748 g/mol. The molecule has 0 amide bonds. The Hall–Kier alpha value is -6.88. The van der Waals surface area contributed by atoms with Crippen LogP contribution in [0.25, 0.3) is 89.8 Å². The Kier molecular flexibility index (Phi) is 8.89. The molecule has 0 unspecified atom stereocenters. The summed E-state index contributed by atoms with van der Waals surface area (Å²) >= 11 is 5.08. The minimum atomic E-state index is 0.648. The largest absolute Gasteiger partial charge is 0.208 e. The zero-order valence-electron chi connectivity index (χ0n) is 31.4. The van der Waals surface area contributed by atoms with Gasteiger partial charge in [0.05, 0.1) is 0 Å². The third kappa shape index (κ3) is 6.44. The molecule has 0 fully saturated rings. The van der Waals surface area contributed by atoms with Crippen molar-refractivity contribution < 1.29 is 0 Å². The molecule has 3 nitrogen and oxygen atoms in total. The van der Waals surface area contributed by atoms with Crippen LogP contribution in [0, 0.1) is 6.92 Å². The zero-order chi connectivity index (χ0) is 38.3. The van der Waals surface area contributed by atoms with Gasteiger partial charge in [-0.3, -0.25) is 0 Å². The fourth-order valence-electron chi connectivity index (χ4n) is 8.24. The van der Waals surface area contributed by atoms with Gasteiger partial charge in [0.1, 0.15) is 0 Å². The summed E-state index contributed by atoms with van der Waals surface area (Å²) < 4.78 is 0. The van der Waals surface area contributed by atoms with E-state index in [1.165, 1.54) is 50.1 Å². The van der Waals surface area contributed by atoms with E-state index in [0.717, 1.165) is 50.3 Å². The Morgan fingerprint density at radius 1 is 0.333 bits per heavy atom. The molecular formula is C53H37N3S. The van der Waals surface area contributed by atoms with Crippen LogP contribution >= 0.6 is 12.6 Å². The standard InChI is InChI=1S/C53H37N3S/c1-34-15-11-12-22-40(34)49-32-48(45(33-50(49)57)37-18-7-3-8-19-37)43-25-13-23-41-42-24-14-26-44(47(42)31-46(41)43)53-55-51(38-20-9-4-10-21-38)54-52(56-53)39-29-27-36(28-30-39)35-16-5-2-6-17-35/h2-30,32-33,57H,31H2,1H3. The number of hydrogen-bond acceptors (Lipinski definition) is 4. The summed E-state index contributed by atoms with van der Waals surface area (Å²) in [6.07, 6.45) is 0.751. The zero-order valence-corrected chi connectivity index (χ0v) is 32.3. The van der Waals surface area contributed by atoms with E-state index in [2.05, 4.69) is 171 Å². The summed E-state index contributed by atoms with van der Waals surface area (Å²) in [4.78, 5) is 16.4. The summed E-state index contributed by atoms with van der Waals surface area (Å²) in [6, 6.07) is 66.2. The van der Waals surface area contributed by atoms with E-state index in [-0.39, 0.29) is 0 Å². The van der Waals surface area contributed by atoms with Crippen molar-refractivity contribution in [3.63, 3.8) is 0 Å². The smallest absolute Gasteiger partial charge is 0.164 e. The molecule has 0 bridgehead atoms. The Morgan fingerprint density at radius 2 is 0.772 bits per heavy atom. The number of hydrogen-bond donors (Lipinski definition) is 1. The highest BCUT2D eigenvalue weighted by molar-refractivity contribution is 7.80. The minimum Gasteiger partial charge on any atom is -0.208 e. The third-order valence-corrected chi connectivity index (χ3v) is 11.5. The summed E-state index contributed by atoms with van der Waals surface area (Å²) in [5.74, 6) is 1.97. The normalized spacial score (nSPS) is 11.6. The van der Waals surface area contributed by atoms with Crippen LogP contribution in [-0.2, 0) is 6.42 Å². The van der Waals surface area contributed by atoms with Crippen molar-refractivity contribution in [1.82, 2.24) is 15.0 Å². The lowest BCUT2D eigenvalue weighted by Crippen LogP contribution is -2.02. The SMILES string of the molecule is Cc1ccccc1-c1cc(-c2cccc3c2Cc2c(-c4nc(-c5ccccc5)nc(-c5ccc(-c6ccccc6)cc5)n4)cccc2-3)c(-c2ccccc2)cc1S. The van der Waals surface area contributed by atoms with Crippen LogP contribution < -0.4 is 0 Å². The summed E-state index contributed by atoms with van der Waals surface area (Å²) in [5, 5.41) is 0. The summed E-state index contributed by atoms with van der Waals surface area (Å²) in [6.45, 7) is 2.17. The first-order valence-corrected chi connectivity index (χ1v) is 19.7. The second-order valence-corrected chi connectivity index (χ2v) is 15.0. The Labute approximate surface area is 338 Å². The maximum Gasteiger partial charge on any atom is 0.164 e. The first-order chi connectivity index (χ1) is 28.1. The maximum atomic E-state index is 5.21. The molecule has 1 heterocycles. The van der Waals surface area contributed by atoms with Gasteiger partial charge in [0.2, 0.25) is 0 Å². The van der Waals surface area contributed by atoms with Crippen LogP contribution in [0.15, 0.2) is 193 Å². The molecule has 270 valence electrons. The summed E-state index contributed by atoms with van der Waals surface area (Å²) in [5.41, 5.74) is 18.5. The van der Waals surface area contributed by atoms with Crippen molar-refractivity contribution in [2.45, 2.75) is 18.2 Å². The van der Waals surface area contributed by atoms with Gasteiger partial charge in [0.15, 0.2) is 17.5 Å². The van der Waals surface area contributed by atoms with E-state index in [0.29, 0.717) is 17.5 Å². The Morgan fingerprint density at radius 3 is 1.40 bits per heavy atom. The predicted molar refractivity (Wildman–Crippen MR) is 238 cm³/mol. The van der Waals surface area contributed by atoms with Gasteiger partial charge in [-0.25, -0.2) is 15.0 Å². The van der Waals surface area contributed by atoms with E-state index < -0.39 is 0 Å². The van der Waals surface area contributed by atoms with Gasteiger partial charge in [-0.1, -0.05) is 176 Å². The van der Waals surface area contributed by atoms with E-state index in [4.69, 9.17) is 27.6 Å². The molecule has 0 atom stereocenters. The molecule has 1 aliphatic rings. The molecule has 0 saturated carbocycles. The third-order valence-electron chi connectivity index (χ3n) is 11.1. The molecule has 1 aromatic heterocycles. The van der Waals surface area contributed by atoms with Crippen molar-refractivity contribution >= 4 is 12.6 Å². The lowest BCUT2D eigenvalue weighted by Gasteiger charge is -2.18. The lowest BCUT2D eigenvalue weighted by molar-refractivity contribution is 1.07.